The highest BCUT2D eigenvalue weighted by atomic mass is 32.1. The number of nitriles is 1. The van der Waals surface area contributed by atoms with Crippen molar-refractivity contribution in [2.75, 3.05) is 20.3 Å². The van der Waals surface area contributed by atoms with Crippen LogP contribution in [0.5, 0.6) is 0 Å². The second-order valence-electron chi connectivity index (χ2n) is 4.23. The molecule has 1 heterocycles. The number of rotatable bonds is 7. The summed E-state index contributed by atoms with van der Waals surface area (Å²) >= 11 is 1.56. The molecule has 2 N–H and O–H groups in total. The molecule has 0 aliphatic heterocycles. The first-order valence-corrected chi connectivity index (χ1v) is 6.34. The molecule has 4 nitrogen and oxygen atoms in total. The topological polar surface area (TPSA) is 65.3 Å². The summed E-state index contributed by atoms with van der Waals surface area (Å²) < 4.78 is 5.15. The van der Waals surface area contributed by atoms with Gasteiger partial charge in [-0.1, -0.05) is 0 Å². The molecule has 17 heavy (non-hydrogen) atoms. The van der Waals surface area contributed by atoms with Gasteiger partial charge in [-0.05, 0) is 19.4 Å². The molecule has 1 aromatic heterocycles. The molecule has 5 heteroatoms. The van der Waals surface area contributed by atoms with Crippen LogP contribution >= 0.6 is 11.3 Å². The first-order valence-electron chi connectivity index (χ1n) is 5.46. The van der Waals surface area contributed by atoms with E-state index >= 15 is 0 Å². The smallest absolute Gasteiger partial charge is 0.100 e. The van der Waals surface area contributed by atoms with Crippen LogP contribution in [0.4, 0.5) is 0 Å². The largest absolute Gasteiger partial charge is 0.396 e. The zero-order chi connectivity index (χ0) is 12.7. The van der Waals surface area contributed by atoms with Gasteiger partial charge >= 0.3 is 0 Å². The standard InChI is InChI=1S/C12H18N2O2S/c1-12(3-4-15,9-16-2)14-7-11-5-10(6-13)8-17-11/h5,8,14-15H,3-4,7,9H2,1-2H3. The molecule has 0 aromatic carbocycles. The van der Waals surface area contributed by atoms with E-state index in [1.54, 1.807) is 18.4 Å². The lowest BCUT2D eigenvalue weighted by molar-refractivity contribution is 0.0971. The predicted molar refractivity (Wildman–Crippen MR) is 67.9 cm³/mol. The van der Waals surface area contributed by atoms with Gasteiger partial charge in [-0.3, -0.25) is 0 Å². The lowest BCUT2D eigenvalue weighted by Gasteiger charge is -2.29. The number of nitrogens with one attached hydrogen (secondary N) is 1. The molecule has 1 aromatic rings. The fourth-order valence-corrected chi connectivity index (χ4v) is 2.36. The van der Waals surface area contributed by atoms with Crippen LogP contribution in [0.25, 0.3) is 0 Å². The van der Waals surface area contributed by atoms with Crippen molar-refractivity contribution in [2.24, 2.45) is 0 Å². The third kappa shape index (κ3) is 4.44. The van der Waals surface area contributed by atoms with Gasteiger partial charge in [0.25, 0.3) is 0 Å². The van der Waals surface area contributed by atoms with Gasteiger partial charge in [0.1, 0.15) is 6.07 Å². The Kier molecular flexibility index (Phi) is 5.59. The zero-order valence-electron chi connectivity index (χ0n) is 10.2. The average molecular weight is 254 g/mol. The summed E-state index contributed by atoms with van der Waals surface area (Å²) in [6, 6.07) is 3.99. The monoisotopic (exact) mass is 254 g/mol. The SMILES string of the molecule is COCC(C)(CCO)NCc1cc(C#N)cs1. The molecule has 94 valence electrons. The Morgan fingerprint density at radius 1 is 1.65 bits per heavy atom. The van der Waals surface area contributed by atoms with Crippen molar-refractivity contribution in [2.45, 2.75) is 25.4 Å². The van der Waals surface area contributed by atoms with Crippen molar-refractivity contribution in [1.29, 1.82) is 5.26 Å². The molecule has 0 spiro atoms. The van der Waals surface area contributed by atoms with E-state index in [2.05, 4.69) is 11.4 Å². The Morgan fingerprint density at radius 2 is 2.41 bits per heavy atom. The molecule has 0 aliphatic rings. The van der Waals surface area contributed by atoms with Gasteiger partial charge in [0.2, 0.25) is 0 Å². The third-order valence-electron chi connectivity index (χ3n) is 2.60. The fraction of sp³-hybridized carbons (Fsp3) is 0.583. The normalized spacial score (nSPS) is 14.2. The van der Waals surface area contributed by atoms with Crippen LogP contribution in [0.3, 0.4) is 0 Å². The number of thiophene rings is 1. The second-order valence-corrected chi connectivity index (χ2v) is 5.23. The highest BCUT2D eigenvalue weighted by molar-refractivity contribution is 7.10. The molecule has 0 radical (unpaired) electrons. The van der Waals surface area contributed by atoms with E-state index < -0.39 is 0 Å². The van der Waals surface area contributed by atoms with Crippen LogP contribution in [-0.4, -0.2) is 31.0 Å². The maximum absolute atomic E-state index is 9.03. The molecule has 0 bridgehead atoms. The van der Waals surface area contributed by atoms with Gasteiger partial charge in [-0.25, -0.2) is 0 Å². The maximum atomic E-state index is 9.03. The highest BCUT2D eigenvalue weighted by Gasteiger charge is 2.22. The van der Waals surface area contributed by atoms with E-state index in [1.165, 1.54) is 0 Å². The van der Waals surface area contributed by atoms with E-state index in [1.807, 2.05) is 18.4 Å². The van der Waals surface area contributed by atoms with E-state index in [-0.39, 0.29) is 12.1 Å². The Balaban J connectivity index is 2.54. The van der Waals surface area contributed by atoms with Gasteiger partial charge in [0.15, 0.2) is 0 Å². The Bertz CT molecular complexity index is 378. The summed E-state index contributed by atoms with van der Waals surface area (Å²) in [6.07, 6.45) is 0.636. The Labute approximate surface area is 106 Å². The number of nitrogens with zero attached hydrogens (tertiary/aromatic N) is 1. The molecular formula is C12H18N2O2S. The van der Waals surface area contributed by atoms with Gasteiger partial charge in [0, 0.05) is 36.1 Å². The van der Waals surface area contributed by atoms with Crippen molar-refractivity contribution in [3.8, 4) is 6.07 Å². The molecular weight excluding hydrogens is 236 g/mol. The first kappa shape index (κ1) is 14.1. The molecule has 0 aliphatic carbocycles. The van der Waals surface area contributed by atoms with Crippen LogP contribution < -0.4 is 5.32 Å². The minimum absolute atomic E-state index is 0.126. The molecule has 0 saturated heterocycles. The summed E-state index contributed by atoms with van der Waals surface area (Å²) in [7, 11) is 1.65. The summed E-state index contributed by atoms with van der Waals surface area (Å²) in [5.41, 5.74) is 0.461. The van der Waals surface area contributed by atoms with Gasteiger partial charge in [-0.2, -0.15) is 5.26 Å². The Morgan fingerprint density at radius 3 is 2.94 bits per heavy atom. The second kappa shape index (κ2) is 6.72. The minimum Gasteiger partial charge on any atom is -0.396 e. The van der Waals surface area contributed by atoms with E-state index in [0.29, 0.717) is 25.1 Å². The molecule has 0 fully saturated rings. The number of methoxy groups -OCH3 is 1. The van der Waals surface area contributed by atoms with Crippen LogP contribution in [0.2, 0.25) is 0 Å². The third-order valence-corrected chi connectivity index (χ3v) is 3.54. The average Bonchev–Trinajstić information content (AvgIpc) is 2.75. The molecule has 0 saturated carbocycles. The molecule has 0 amide bonds. The van der Waals surface area contributed by atoms with Crippen molar-refractivity contribution in [3.63, 3.8) is 0 Å². The summed E-state index contributed by atoms with van der Waals surface area (Å²) in [5.74, 6) is 0. The summed E-state index contributed by atoms with van der Waals surface area (Å²) in [5, 5.41) is 23.0. The van der Waals surface area contributed by atoms with Crippen molar-refractivity contribution < 1.29 is 9.84 Å². The zero-order valence-corrected chi connectivity index (χ0v) is 11.0. The Hall–Kier alpha value is -0.930. The van der Waals surface area contributed by atoms with Crippen LogP contribution in [-0.2, 0) is 11.3 Å². The van der Waals surface area contributed by atoms with E-state index in [9.17, 15) is 0 Å². The van der Waals surface area contributed by atoms with Gasteiger partial charge in [0.05, 0.1) is 12.2 Å². The van der Waals surface area contributed by atoms with Crippen molar-refractivity contribution >= 4 is 11.3 Å². The minimum atomic E-state index is -0.236. The maximum Gasteiger partial charge on any atom is 0.100 e. The highest BCUT2D eigenvalue weighted by Crippen LogP contribution is 2.16. The lowest BCUT2D eigenvalue weighted by atomic mass is 9.99. The molecule has 1 rings (SSSR count). The van der Waals surface area contributed by atoms with Crippen molar-refractivity contribution in [1.82, 2.24) is 5.32 Å². The predicted octanol–water partition coefficient (Wildman–Crippen LogP) is 1.50. The van der Waals surface area contributed by atoms with Crippen LogP contribution in [0.1, 0.15) is 23.8 Å². The van der Waals surface area contributed by atoms with Crippen LogP contribution in [0.15, 0.2) is 11.4 Å². The summed E-state index contributed by atoms with van der Waals surface area (Å²) in [6.45, 7) is 3.38. The first-order chi connectivity index (χ1) is 8.13. The fourth-order valence-electron chi connectivity index (χ4n) is 1.61. The lowest BCUT2D eigenvalue weighted by Crippen LogP contribution is -2.46. The number of hydrogen-bond acceptors (Lipinski definition) is 5. The van der Waals surface area contributed by atoms with Crippen LogP contribution in [0, 0.1) is 11.3 Å². The number of aliphatic hydroxyl groups is 1. The van der Waals surface area contributed by atoms with E-state index in [0.717, 1.165) is 4.88 Å². The molecule has 1 unspecified atom stereocenters. The number of hydrogen-bond donors (Lipinski definition) is 2. The number of aliphatic hydroxyl groups excluding tert-OH is 1. The summed E-state index contributed by atoms with van der Waals surface area (Å²) in [4.78, 5) is 1.11. The molecule has 1 atom stereocenters. The van der Waals surface area contributed by atoms with E-state index in [4.69, 9.17) is 15.1 Å². The van der Waals surface area contributed by atoms with Gasteiger partial charge < -0.3 is 15.2 Å². The van der Waals surface area contributed by atoms with Crippen molar-refractivity contribution in [3.05, 3.63) is 21.9 Å². The number of ether oxygens (including phenoxy) is 1. The van der Waals surface area contributed by atoms with Gasteiger partial charge in [-0.15, -0.1) is 11.3 Å². The quantitative estimate of drug-likeness (QED) is 0.774.